The second-order valence-electron chi connectivity index (χ2n) is 3.14. The number of aromatic nitrogens is 2. The standard InChI is InChI=1S/C8H12FN3/c9-7-5-11-12-8(7)6-1-3-10-4-2-6/h5-6,10H,1-4H2,(H,11,12). The van der Waals surface area contributed by atoms with E-state index in [9.17, 15) is 4.39 Å². The van der Waals surface area contributed by atoms with E-state index in [1.165, 1.54) is 6.20 Å². The molecule has 2 rings (SSSR count). The first-order chi connectivity index (χ1) is 5.88. The molecular weight excluding hydrogens is 157 g/mol. The molecule has 1 aromatic rings. The Labute approximate surface area is 70.4 Å². The average molecular weight is 169 g/mol. The van der Waals surface area contributed by atoms with Crippen LogP contribution in [0.2, 0.25) is 0 Å². The zero-order valence-corrected chi connectivity index (χ0v) is 6.81. The molecule has 0 atom stereocenters. The number of nitrogens with one attached hydrogen (secondary N) is 2. The summed E-state index contributed by atoms with van der Waals surface area (Å²) in [6.07, 6.45) is 3.29. The largest absolute Gasteiger partial charge is 0.317 e. The predicted molar refractivity (Wildman–Crippen MR) is 43.4 cm³/mol. The van der Waals surface area contributed by atoms with Gasteiger partial charge in [-0.2, -0.15) is 5.10 Å². The van der Waals surface area contributed by atoms with Crippen LogP contribution in [0.4, 0.5) is 4.39 Å². The van der Waals surface area contributed by atoms with Gasteiger partial charge >= 0.3 is 0 Å². The summed E-state index contributed by atoms with van der Waals surface area (Å²) in [7, 11) is 0. The Balaban J connectivity index is 2.13. The van der Waals surface area contributed by atoms with Crippen LogP contribution < -0.4 is 5.32 Å². The summed E-state index contributed by atoms with van der Waals surface area (Å²) in [4.78, 5) is 0. The Morgan fingerprint density at radius 1 is 1.42 bits per heavy atom. The smallest absolute Gasteiger partial charge is 0.164 e. The molecule has 0 aliphatic carbocycles. The van der Waals surface area contributed by atoms with Crippen LogP contribution >= 0.6 is 0 Å². The minimum absolute atomic E-state index is 0.193. The van der Waals surface area contributed by atoms with Gasteiger partial charge in [0.15, 0.2) is 5.82 Å². The first-order valence-electron chi connectivity index (χ1n) is 4.28. The van der Waals surface area contributed by atoms with Crippen LogP contribution in [-0.2, 0) is 0 Å². The SMILES string of the molecule is Fc1c[nH]nc1C1CCNCC1. The van der Waals surface area contributed by atoms with Gasteiger partial charge in [-0.15, -0.1) is 0 Å². The molecule has 0 radical (unpaired) electrons. The molecule has 2 heterocycles. The summed E-state index contributed by atoms with van der Waals surface area (Å²) in [6.45, 7) is 1.94. The quantitative estimate of drug-likeness (QED) is 0.658. The van der Waals surface area contributed by atoms with Gasteiger partial charge in [-0.05, 0) is 25.9 Å². The fourth-order valence-electron chi connectivity index (χ4n) is 1.67. The number of H-pyrrole nitrogens is 1. The Morgan fingerprint density at radius 3 is 2.75 bits per heavy atom. The highest BCUT2D eigenvalue weighted by atomic mass is 19.1. The fourth-order valence-corrected chi connectivity index (χ4v) is 1.67. The van der Waals surface area contributed by atoms with Crippen molar-refractivity contribution in [1.29, 1.82) is 0 Å². The van der Waals surface area contributed by atoms with E-state index in [0.29, 0.717) is 11.6 Å². The number of halogens is 1. The van der Waals surface area contributed by atoms with Crippen molar-refractivity contribution in [2.75, 3.05) is 13.1 Å². The zero-order chi connectivity index (χ0) is 8.39. The van der Waals surface area contributed by atoms with Crippen molar-refractivity contribution in [3.8, 4) is 0 Å². The van der Waals surface area contributed by atoms with Crippen LogP contribution in [0, 0.1) is 5.82 Å². The molecule has 0 saturated carbocycles. The van der Waals surface area contributed by atoms with E-state index < -0.39 is 0 Å². The third-order valence-electron chi connectivity index (χ3n) is 2.35. The molecule has 0 spiro atoms. The Bertz CT molecular complexity index is 253. The van der Waals surface area contributed by atoms with Crippen LogP contribution in [0.15, 0.2) is 6.20 Å². The first kappa shape index (κ1) is 7.73. The third kappa shape index (κ3) is 1.34. The maximum atomic E-state index is 13.0. The second-order valence-corrected chi connectivity index (χ2v) is 3.14. The van der Waals surface area contributed by atoms with Gasteiger partial charge in [-0.3, -0.25) is 5.10 Å². The number of rotatable bonds is 1. The highest BCUT2D eigenvalue weighted by Gasteiger charge is 2.20. The lowest BCUT2D eigenvalue weighted by atomic mass is 9.95. The summed E-state index contributed by atoms with van der Waals surface area (Å²) < 4.78 is 13.0. The van der Waals surface area contributed by atoms with Crippen LogP contribution in [-0.4, -0.2) is 23.3 Å². The molecule has 0 unspecified atom stereocenters. The first-order valence-corrected chi connectivity index (χ1v) is 4.28. The molecule has 1 aromatic heterocycles. The average Bonchev–Trinajstić information content (AvgIpc) is 2.53. The van der Waals surface area contributed by atoms with Gasteiger partial charge in [0.1, 0.15) is 5.69 Å². The molecule has 0 bridgehead atoms. The summed E-state index contributed by atoms with van der Waals surface area (Å²) in [5, 5.41) is 9.70. The van der Waals surface area contributed by atoms with Gasteiger partial charge in [-0.25, -0.2) is 4.39 Å². The van der Waals surface area contributed by atoms with Crippen molar-refractivity contribution in [3.63, 3.8) is 0 Å². The lowest BCUT2D eigenvalue weighted by Gasteiger charge is -2.20. The van der Waals surface area contributed by atoms with Gasteiger partial charge < -0.3 is 5.32 Å². The van der Waals surface area contributed by atoms with E-state index in [1.54, 1.807) is 0 Å². The fraction of sp³-hybridized carbons (Fsp3) is 0.625. The molecule has 1 fully saturated rings. The topological polar surface area (TPSA) is 40.7 Å². The lowest BCUT2D eigenvalue weighted by Crippen LogP contribution is -2.27. The maximum absolute atomic E-state index is 13.0. The highest BCUT2D eigenvalue weighted by Crippen LogP contribution is 2.24. The number of hydrogen-bond donors (Lipinski definition) is 2. The van der Waals surface area contributed by atoms with Crippen molar-refractivity contribution < 1.29 is 4.39 Å². The van der Waals surface area contributed by atoms with Crippen molar-refractivity contribution in [3.05, 3.63) is 17.7 Å². The van der Waals surface area contributed by atoms with E-state index in [1.807, 2.05) is 0 Å². The van der Waals surface area contributed by atoms with Gasteiger partial charge in [0.2, 0.25) is 0 Å². The minimum atomic E-state index is -0.193. The Hall–Kier alpha value is -0.900. The summed E-state index contributed by atoms with van der Waals surface area (Å²) in [5.41, 5.74) is 0.608. The second kappa shape index (κ2) is 3.23. The Morgan fingerprint density at radius 2 is 2.17 bits per heavy atom. The van der Waals surface area contributed by atoms with E-state index in [4.69, 9.17) is 0 Å². The van der Waals surface area contributed by atoms with Gasteiger partial charge in [0.25, 0.3) is 0 Å². The van der Waals surface area contributed by atoms with Crippen molar-refractivity contribution in [2.24, 2.45) is 0 Å². The van der Waals surface area contributed by atoms with Crippen molar-refractivity contribution >= 4 is 0 Å². The van der Waals surface area contributed by atoms with Gasteiger partial charge in [0.05, 0.1) is 6.20 Å². The van der Waals surface area contributed by atoms with E-state index in [2.05, 4.69) is 15.5 Å². The molecule has 1 aliphatic rings. The zero-order valence-electron chi connectivity index (χ0n) is 6.81. The summed E-state index contributed by atoms with van der Waals surface area (Å²) in [5.74, 6) is 0.111. The van der Waals surface area contributed by atoms with Crippen LogP contribution in [0.3, 0.4) is 0 Å². The number of aromatic amines is 1. The number of piperidine rings is 1. The normalized spacial score (nSPS) is 19.8. The molecule has 12 heavy (non-hydrogen) atoms. The summed E-state index contributed by atoms with van der Waals surface area (Å²) in [6, 6.07) is 0. The minimum Gasteiger partial charge on any atom is -0.317 e. The van der Waals surface area contributed by atoms with Gasteiger partial charge in [-0.1, -0.05) is 0 Å². The van der Waals surface area contributed by atoms with Crippen molar-refractivity contribution in [1.82, 2.24) is 15.5 Å². The molecule has 66 valence electrons. The highest BCUT2D eigenvalue weighted by molar-refractivity contribution is 5.09. The molecule has 4 heteroatoms. The molecule has 1 saturated heterocycles. The maximum Gasteiger partial charge on any atom is 0.164 e. The lowest BCUT2D eigenvalue weighted by molar-refractivity contribution is 0.438. The predicted octanol–water partition coefficient (Wildman–Crippen LogP) is 1.02. The summed E-state index contributed by atoms with van der Waals surface area (Å²) >= 11 is 0. The van der Waals surface area contributed by atoms with Crippen LogP contribution in [0.1, 0.15) is 24.5 Å². The number of nitrogens with zero attached hydrogens (tertiary/aromatic N) is 1. The molecule has 1 aliphatic heterocycles. The molecule has 3 nitrogen and oxygen atoms in total. The van der Waals surface area contributed by atoms with Crippen LogP contribution in [0.25, 0.3) is 0 Å². The molecule has 0 aromatic carbocycles. The van der Waals surface area contributed by atoms with Crippen LogP contribution in [0.5, 0.6) is 0 Å². The van der Waals surface area contributed by atoms with Crippen molar-refractivity contribution in [2.45, 2.75) is 18.8 Å². The molecular formula is C8H12FN3. The van der Waals surface area contributed by atoms with E-state index in [0.717, 1.165) is 25.9 Å². The molecule has 2 N–H and O–H groups in total. The van der Waals surface area contributed by atoms with E-state index >= 15 is 0 Å². The molecule has 0 amide bonds. The number of hydrogen-bond acceptors (Lipinski definition) is 2. The Kier molecular flexibility index (Phi) is 2.08. The van der Waals surface area contributed by atoms with E-state index in [-0.39, 0.29) is 5.82 Å². The third-order valence-corrected chi connectivity index (χ3v) is 2.35. The monoisotopic (exact) mass is 169 g/mol. The van der Waals surface area contributed by atoms with Gasteiger partial charge in [0, 0.05) is 5.92 Å².